The number of hydrogen-bond donors (Lipinski definition) is 1. The molecular formula is C14H15N3O2S. The van der Waals surface area contributed by atoms with Crippen LogP contribution in [0.2, 0.25) is 0 Å². The monoisotopic (exact) mass is 289 g/mol. The maximum Gasteiger partial charge on any atom is 0.270 e. The second kappa shape index (κ2) is 5.50. The fourth-order valence-electron chi connectivity index (χ4n) is 1.89. The quantitative estimate of drug-likeness (QED) is 0.523. The van der Waals surface area contributed by atoms with Crippen LogP contribution in [0.1, 0.15) is 31.2 Å². The van der Waals surface area contributed by atoms with E-state index in [1.807, 2.05) is 26.8 Å². The van der Waals surface area contributed by atoms with Gasteiger partial charge < -0.3 is 4.98 Å². The van der Waals surface area contributed by atoms with E-state index >= 15 is 0 Å². The first-order chi connectivity index (χ1) is 9.40. The SMILES string of the molecule is Cc1c(-c2cccc([N+](=O)[O-])c2)[nH]c(C(C)C)nc1=S. The van der Waals surface area contributed by atoms with Crippen LogP contribution >= 0.6 is 12.2 Å². The van der Waals surface area contributed by atoms with E-state index < -0.39 is 4.92 Å². The number of H-pyrrole nitrogens is 1. The summed E-state index contributed by atoms with van der Waals surface area (Å²) in [5, 5.41) is 10.9. The summed E-state index contributed by atoms with van der Waals surface area (Å²) >= 11 is 5.27. The normalized spacial score (nSPS) is 10.8. The minimum Gasteiger partial charge on any atom is -0.343 e. The lowest BCUT2D eigenvalue weighted by Crippen LogP contribution is -2.02. The molecule has 0 radical (unpaired) electrons. The van der Waals surface area contributed by atoms with Crippen molar-refractivity contribution in [2.45, 2.75) is 26.7 Å². The predicted octanol–water partition coefficient (Wildman–Crippen LogP) is 4.15. The smallest absolute Gasteiger partial charge is 0.270 e. The van der Waals surface area contributed by atoms with Gasteiger partial charge in [0.25, 0.3) is 5.69 Å². The maximum absolute atomic E-state index is 10.9. The minimum absolute atomic E-state index is 0.0594. The number of non-ortho nitro benzene ring substituents is 1. The number of aromatic amines is 1. The molecule has 0 unspecified atom stereocenters. The molecule has 0 aliphatic heterocycles. The number of nitrogens with zero attached hydrogens (tertiary/aromatic N) is 2. The van der Waals surface area contributed by atoms with E-state index in [-0.39, 0.29) is 11.6 Å². The maximum atomic E-state index is 10.9. The Labute approximate surface area is 121 Å². The first kappa shape index (κ1) is 14.3. The number of hydrogen-bond acceptors (Lipinski definition) is 4. The van der Waals surface area contributed by atoms with Crippen molar-refractivity contribution in [1.82, 2.24) is 9.97 Å². The molecule has 2 aromatic rings. The van der Waals surface area contributed by atoms with Gasteiger partial charge in [0, 0.05) is 29.2 Å². The Balaban J connectivity index is 2.65. The van der Waals surface area contributed by atoms with E-state index in [9.17, 15) is 10.1 Å². The zero-order valence-electron chi connectivity index (χ0n) is 11.5. The van der Waals surface area contributed by atoms with Crippen molar-refractivity contribution in [2.75, 3.05) is 0 Å². The third-order valence-electron chi connectivity index (χ3n) is 3.06. The van der Waals surface area contributed by atoms with Crippen LogP contribution < -0.4 is 0 Å². The number of nitro benzene ring substituents is 1. The molecule has 0 amide bonds. The van der Waals surface area contributed by atoms with Gasteiger partial charge in [0.05, 0.1) is 10.6 Å². The molecule has 0 fully saturated rings. The lowest BCUT2D eigenvalue weighted by Gasteiger charge is -2.11. The summed E-state index contributed by atoms with van der Waals surface area (Å²) < 4.78 is 0.522. The average molecular weight is 289 g/mol. The number of nitro groups is 1. The zero-order chi connectivity index (χ0) is 14.9. The lowest BCUT2D eigenvalue weighted by molar-refractivity contribution is -0.384. The fourth-order valence-corrected chi connectivity index (χ4v) is 2.09. The van der Waals surface area contributed by atoms with Crippen molar-refractivity contribution in [3.8, 4) is 11.3 Å². The van der Waals surface area contributed by atoms with Crippen LogP contribution in [-0.2, 0) is 0 Å². The molecule has 104 valence electrons. The van der Waals surface area contributed by atoms with Gasteiger partial charge in [-0.15, -0.1) is 0 Å². The third kappa shape index (κ3) is 2.75. The van der Waals surface area contributed by atoms with E-state index in [1.54, 1.807) is 6.07 Å². The predicted molar refractivity (Wildman–Crippen MR) is 80.3 cm³/mol. The highest BCUT2D eigenvalue weighted by Gasteiger charge is 2.12. The van der Waals surface area contributed by atoms with Crippen molar-refractivity contribution in [3.05, 3.63) is 50.4 Å². The van der Waals surface area contributed by atoms with Crippen molar-refractivity contribution in [1.29, 1.82) is 0 Å². The molecule has 1 N–H and O–H groups in total. The molecule has 1 aromatic carbocycles. The van der Waals surface area contributed by atoms with E-state index in [0.717, 1.165) is 22.6 Å². The molecule has 0 saturated carbocycles. The molecule has 6 heteroatoms. The number of aromatic nitrogens is 2. The van der Waals surface area contributed by atoms with Crippen molar-refractivity contribution in [2.24, 2.45) is 0 Å². The van der Waals surface area contributed by atoms with Gasteiger partial charge in [0.2, 0.25) is 0 Å². The van der Waals surface area contributed by atoms with Crippen LogP contribution in [0.25, 0.3) is 11.3 Å². The Bertz CT molecular complexity index is 723. The lowest BCUT2D eigenvalue weighted by atomic mass is 10.1. The molecule has 0 atom stereocenters. The molecule has 20 heavy (non-hydrogen) atoms. The first-order valence-electron chi connectivity index (χ1n) is 6.25. The zero-order valence-corrected chi connectivity index (χ0v) is 12.3. The molecule has 1 aromatic heterocycles. The third-order valence-corrected chi connectivity index (χ3v) is 3.46. The van der Waals surface area contributed by atoms with E-state index in [0.29, 0.717) is 4.64 Å². The second-order valence-electron chi connectivity index (χ2n) is 4.89. The highest BCUT2D eigenvalue weighted by atomic mass is 32.1. The molecule has 2 rings (SSSR count). The number of benzene rings is 1. The molecular weight excluding hydrogens is 274 g/mol. The van der Waals surface area contributed by atoms with Gasteiger partial charge in [0.1, 0.15) is 10.5 Å². The van der Waals surface area contributed by atoms with E-state index in [4.69, 9.17) is 12.2 Å². The largest absolute Gasteiger partial charge is 0.343 e. The molecule has 0 bridgehead atoms. The van der Waals surface area contributed by atoms with Crippen LogP contribution in [0.4, 0.5) is 5.69 Å². The summed E-state index contributed by atoms with van der Waals surface area (Å²) in [6, 6.07) is 6.50. The standard InChI is InChI=1S/C14H15N3O2S/c1-8(2)13-15-12(9(3)14(20)16-13)10-5-4-6-11(7-10)17(18)19/h4-8H,1-3H3,(H,15,16,20). The van der Waals surface area contributed by atoms with Gasteiger partial charge in [-0.1, -0.05) is 38.2 Å². The summed E-state index contributed by atoms with van der Waals surface area (Å²) in [6.45, 7) is 5.89. The molecule has 0 aliphatic rings. The Morgan fingerprint density at radius 2 is 2.10 bits per heavy atom. The van der Waals surface area contributed by atoms with Crippen molar-refractivity contribution >= 4 is 17.9 Å². The highest BCUT2D eigenvalue weighted by molar-refractivity contribution is 7.71. The van der Waals surface area contributed by atoms with Crippen LogP contribution in [-0.4, -0.2) is 14.9 Å². The molecule has 0 spiro atoms. The van der Waals surface area contributed by atoms with E-state index in [1.165, 1.54) is 12.1 Å². The fraction of sp³-hybridized carbons (Fsp3) is 0.286. The van der Waals surface area contributed by atoms with E-state index in [2.05, 4.69) is 9.97 Å². The minimum atomic E-state index is -0.405. The Kier molecular flexibility index (Phi) is 3.94. The highest BCUT2D eigenvalue weighted by Crippen LogP contribution is 2.26. The van der Waals surface area contributed by atoms with Gasteiger partial charge in [-0.25, -0.2) is 4.98 Å². The first-order valence-corrected chi connectivity index (χ1v) is 6.66. The summed E-state index contributed by atoms with van der Waals surface area (Å²) in [5.41, 5.74) is 2.42. The Morgan fingerprint density at radius 3 is 2.70 bits per heavy atom. The van der Waals surface area contributed by atoms with Crippen LogP contribution in [0, 0.1) is 21.7 Å². The van der Waals surface area contributed by atoms with Crippen LogP contribution in [0.3, 0.4) is 0 Å². The van der Waals surface area contributed by atoms with Crippen LogP contribution in [0.15, 0.2) is 24.3 Å². The topological polar surface area (TPSA) is 71.8 Å². The summed E-state index contributed by atoms with van der Waals surface area (Å²) in [7, 11) is 0. The molecule has 0 saturated heterocycles. The molecule has 5 nitrogen and oxygen atoms in total. The number of rotatable bonds is 3. The van der Waals surface area contributed by atoms with Gasteiger partial charge in [0.15, 0.2) is 0 Å². The number of nitrogens with one attached hydrogen (secondary N) is 1. The Hall–Kier alpha value is -2.08. The molecule has 0 aliphatic carbocycles. The van der Waals surface area contributed by atoms with Crippen molar-refractivity contribution in [3.63, 3.8) is 0 Å². The van der Waals surface area contributed by atoms with Crippen LogP contribution in [0.5, 0.6) is 0 Å². The van der Waals surface area contributed by atoms with Crippen molar-refractivity contribution < 1.29 is 4.92 Å². The Morgan fingerprint density at radius 1 is 1.40 bits per heavy atom. The second-order valence-corrected chi connectivity index (χ2v) is 5.28. The van der Waals surface area contributed by atoms with Gasteiger partial charge in [-0.2, -0.15) is 0 Å². The molecule has 1 heterocycles. The summed E-state index contributed by atoms with van der Waals surface area (Å²) in [5.74, 6) is 0.983. The van der Waals surface area contributed by atoms with Gasteiger partial charge >= 0.3 is 0 Å². The summed E-state index contributed by atoms with van der Waals surface area (Å²) in [4.78, 5) is 18.0. The van der Waals surface area contributed by atoms with Gasteiger partial charge in [-0.3, -0.25) is 10.1 Å². The summed E-state index contributed by atoms with van der Waals surface area (Å²) in [6.07, 6.45) is 0. The average Bonchev–Trinajstić information content (AvgIpc) is 2.41. The van der Waals surface area contributed by atoms with Gasteiger partial charge in [-0.05, 0) is 6.92 Å².